The zero-order chi connectivity index (χ0) is 24.2. The number of hydrogen-bond donors (Lipinski definition) is 0. The molecule has 0 spiro atoms. The Morgan fingerprint density at radius 1 is 0.559 bits per heavy atom. The van der Waals surface area contributed by atoms with Crippen molar-refractivity contribution in [2.45, 2.75) is 40.8 Å². The number of aromatic nitrogens is 2. The van der Waals surface area contributed by atoms with E-state index >= 15 is 0 Å². The number of nitrogens with zero attached hydrogens (tertiary/aromatic N) is 2. The van der Waals surface area contributed by atoms with Crippen molar-refractivity contribution in [3.63, 3.8) is 0 Å². The summed E-state index contributed by atoms with van der Waals surface area (Å²) in [6.45, 7) is 8.80. The van der Waals surface area contributed by atoms with Crippen molar-refractivity contribution in [1.82, 2.24) is 0 Å². The number of pyridine rings is 2. The molecule has 2 heterocycles. The normalized spacial score (nSPS) is 10.8. The minimum atomic E-state index is 0.0788. The van der Waals surface area contributed by atoms with Gasteiger partial charge in [-0.05, 0) is 37.1 Å². The minimum Gasteiger partial charge on any atom is -0.287 e. The van der Waals surface area contributed by atoms with E-state index in [1.807, 2.05) is 122 Å². The first-order valence-corrected chi connectivity index (χ1v) is 11.5. The molecule has 2 aromatic heterocycles. The molecule has 0 amide bonds. The molecule has 0 bridgehead atoms. The van der Waals surface area contributed by atoms with Gasteiger partial charge in [0.15, 0.2) is 23.8 Å². The van der Waals surface area contributed by atoms with E-state index in [9.17, 15) is 9.59 Å². The average molecular weight is 451 g/mol. The van der Waals surface area contributed by atoms with E-state index in [1.165, 1.54) is 11.1 Å². The summed E-state index contributed by atoms with van der Waals surface area (Å²) in [6.07, 6.45) is 3.88. The van der Waals surface area contributed by atoms with Crippen LogP contribution in [0.15, 0.2) is 85.2 Å². The second-order valence-corrected chi connectivity index (χ2v) is 8.81. The van der Waals surface area contributed by atoms with E-state index in [-0.39, 0.29) is 11.6 Å². The highest BCUT2D eigenvalue weighted by atomic mass is 16.1. The third-order valence-electron chi connectivity index (χ3n) is 6.60. The number of ketones is 2. The van der Waals surface area contributed by atoms with Crippen molar-refractivity contribution in [2.24, 2.45) is 0 Å². The zero-order valence-corrected chi connectivity index (χ0v) is 20.2. The lowest BCUT2D eigenvalue weighted by atomic mass is 10.00. The van der Waals surface area contributed by atoms with E-state index < -0.39 is 0 Å². The first-order chi connectivity index (χ1) is 16.3. The van der Waals surface area contributed by atoms with Crippen LogP contribution in [0.25, 0.3) is 11.1 Å². The first kappa shape index (κ1) is 23.2. The monoisotopic (exact) mass is 450 g/mol. The molecule has 0 aliphatic heterocycles. The van der Waals surface area contributed by atoms with Gasteiger partial charge < -0.3 is 0 Å². The van der Waals surface area contributed by atoms with Crippen molar-refractivity contribution in [2.75, 3.05) is 0 Å². The molecule has 0 aliphatic carbocycles. The smallest absolute Gasteiger partial charge is 0.227 e. The van der Waals surface area contributed by atoms with E-state index in [0.29, 0.717) is 24.2 Å². The second kappa shape index (κ2) is 9.92. The van der Waals surface area contributed by atoms with Crippen LogP contribution in [0.4, 0.5) is 0 Å². The fourth-order valence-corrected chi connectivity index (χ4v) is 4.03. The van der Waals surface area contributed by atoms with Crippen LogP contribution in [0.2, 0.25) is 0 Å². The molecule has 4 heteroatoms. The number of carbonyl (C=O) groups excluding carboxylic acids is 2. The molecule has 4 nitrogen and oxygen atoms in total. The Bertz CT molecular complexity index is 1250. The molecule has 0 fully saturated rings. The molecule has 0 atom stereocenters. The van der Waals surface area contributed by atoms with Gasteiger partial charge in [0, 0.05) is 48.2 Å². The molecule has 0 N–H and O–H groups in total. The zero-order valence-electron chi connectivity index (χ0n) is 20.2. The lowest BCUT2D eigenvalue weighted by Crippen LogP contribution is -2.41. The average Bonchev–Trinajstić information content (AvgIpc) is 2.85. The third kappa shape index (κ3) is 5.01. The fraction of sp³-hybridized carbons (Fsp3) is 0.200. The molecule has 4 rings (SSSR count). The maximum absolute atomic E-state index is 12.8. The first-order valence-electron chi connectivity index (χ1n) is 11.5. The van der Waals surface area contributed by atoms with E-state index in [1.54, 1.807) is 0 Å². The topological polar surface area (TPSA) is 41.9 Å². The number of aryl methyl sites for hydroxylation is 2. The summed E-state index contributed by atoms with van der Waals surface area (Å²) in [5, 5.41) is 0. The molecular formula is C30H30N2O2+2. The van der Waals surface area contributed by atoms with Gasteiger partial charge in [0.1, 0.15) is 0 Å². The summed E-state index contributed by atoms with van der Waals surface area (Å²) >= 11 is 0. The summed E-state index contributed by atoms with van der Waals surface area (Å²) in [4.78, 5) is 25.6. The lowest BCUT2D eigenvalue weighted by Gasteiger charge is -2.06. The minimum absolute atomic E-state index is 0.0788. The largest absolute Gasteiger partial charge is 0.287 e. The number of Topliss-reactive ketones (excluding diaryl/α,β-unsaturated/α-hetero) is 2. The Morgan fingerprint density at radius 2 is 0.912 bits per heavy atom. The highest BCUT2D eigenvalue weighted by Gasteiger charge is 2.17. The van der Waals surface area contributed by atoms with Crippen LogP contribution in [0, 0.1) is 27.7 Å². The van der Waals surface area contributed by atoms with Crippen LogP contribution in [0.3, 0.4) is 0 Å². The van der Waals surface area contributed by atoms with Crippen LogP contribution in [0.1, 0.15) is 43.2 Å². The van der Waals surface area contributed by atoms with Crippen molar-refractivity contribution >= 4 is 11.6 Å². The van der Waals surface area contributed by atoms with Crippen LogP contribution >= 0.6 is 0 Å². The Kier molecular flexibility index (Phi) is 6.78. The Morgan fingerprint density at radius 3 is 1.26 bits per heavy atom. The van der Waals surface area contributed by atoms with E-state index in [0.717, 1.165) is 22.5 Å². The number of hydrogen-bond acceptors (Lipinski definition) is 2. The van der Waals surface area contributed by atoms with Gasteiger partial charge in [-0.1, -0.05) is 48.5 Å². The Balaban J connectivity index is 1.44. The molecular weight excluding hydrogens is 420 g/mol. The van der Waals surface area contributed by atoms with Gasteiger partial charge in [0.2, 0.25) is 24.7 Å². The van der Waals surface area contributed by atoms with Crippen molar-refractivity contribution < 1.29 is 18.7 Å². The van der Waals surface area contributed by atoms with Gasteiger partial charge in [-0.15, -0.1) is 0 Å². The Labute approximate surface area is 201 Å². The van der Waals surface area contributed by atoms with Crippen LogP contribution < -0.4 is 9.13 Å². The lowest BCUT2D eigenvalue weighted by molar-refractivity contribution is -0.689. The standard InChI is InChI=1S/C30H30N2O2/c1-21-7-5-17-31(23(21)3)19-29(33)27-13-9-25(10-14-27)26-11-15-28(16-12-26)30(34)20-32-18-6-8-22(2)24(32)4/h5-18H,19-20H2,1-4H3/q+2. The predicted octanol–water partition coefficient (Wildman–Crippen LogP) is 4.93. The number of rotatable bonds is 7. The van der Waals surface area contributed by atoms with Crippen molar-refractivity contribution in [3.05, 3.63) is 119 Å². The summed E-state index contributed by atoms with van der Waals surface area (Å²) in [5.74, 6) is 0.158. The predicted molar refractivity (Wildman–Crippen MR) is 133 cm³/mol. The molecule has 0 saturated carbocycles. The number of benzene rings is 2. The molecule has 0 radical (unpaired) electrons. The van der Waals surface area contributed by atoms with Gasteiger partial charge in [0.25, 0.3) is 0 Å². The molecule has 0 unspecified atom stereocenters. The second-order valence-electron chi connectivity index (χ2n) is 8.81. The van der Waals surface area contributed by atoms with Gasteiger partial charge in [-0.25, -0.2) is 0 Å². The molecule has 0 aliphatic rings. The summed E-state index contributed by atoms with van der Waals surface area (Å²) in [6, 6.07) is 23.4. The molecule has 170 valence electrons. The van der Waals surface area contributed by atoms with Crippen LogP contribution in [-0.4, -0.2) is 11.6 Å². The van der Waals surface area contributed by atoms with Crippen molar-refractivity contribution in [3.8, 4) is 11.1 Å². The van der Waals surface area contributed by atoms with Gasteiger partial charge in [-0.2, -0.15) is 9.13 Å². The fourth-order valence-electron chi connectivity index (χ4n) is 4.03. The highest BCUT2D eigenvalue weighted by Crippen LogP contribution is 2.21. The molecule has 0 saturated heterocycles. The molecule has 2 aromatic carbocycles. The summed E-state index contributed by atoms with van der Waals surface area (Å²) < 4.78 is 3.97. The quantitative estimate of drug-likeness (QED) is 0.296. The third-order valence-corrected chi connectivity index (χ3v) is 6.60. The highest BCUT2D eigenvalue weighted by molar-refractivity contribution is 5.96. The SMILES string of the molecule is Cc1ccc[n+](CC(=O)c2ccc(-c3ccc(C(=O)C[n+]4cccc(C)c4C)cc3)cc2)c1C. The van der Waals surface area contributed by atoms with E-state index in [2.05, 4.69) is 0 Å². The maximum atomic E-state index is 12.8. The summed E-state index contributed by atoms with van der Waals surface area (Å²) in [7, 11) is 0. The van der Waals surface area contributed by atoms with Gasteiger partial charge >= 0.3 is 0 Å². The molecule has 34 heavy (non-hydrogen) atoms. The number of carbonyl (C=O) groups is 2. The van der Waals surface area contributed by atoms with Gasteiger partial charge in [0.05, 0.1) is 0 Å². The van der Waals surface area contributed by atoms with E-state index in [4.69, 9.17) is 0 Å². The summed E-state index contributed by atoms with van der Waals surface area (Å²) in [5.41, 5.74) is 7.93. The van der Waals surface area contributed by atoms with Crippen LogP contribution in [0.5, 0.6) is 0 Å². The van der Waals surface area contributed by atoms with Gasteiger partial charge in [-0.3, -0.25) is 9.59 Å². The van der Waals surface area contributed by atoms with Crippen LogP contribution in [-0.2, 0) is 13.1 Å². The Hall–Kier alpha value is -3.92. The van der Waals surface area contributed by atoms with Crippen molar-refractivity contribution in [1.29, 1.82) is 0 Å². The maximum Gasteiger partial charge on any atom is 0.227 e. The molecule has 4 aromatic rings.